The zero-order valence-corrected chi connectivity index (χ0v) is 13.0. The first-order valence-corrected chi connectivity index (χ1v) is 7.97. The molecule has 0 saturated carbocycles. The van der Waals surface area contributed by atoms with Crippen LogP contribution >= 0.6 is 23.4 Å². The molecule has 21 heavy (non-hydrogen) atoms. The Balaban J connectivity index is 1.89. The van der Waals surface area contributed by atoms with Crippen LogP contribution in [-0.2, 0) is 16.1 Å². The molecule has 0 amide bonds. The Bertz CT molecular complexity index is 657. The standard InChI is InChI=1S/C14H14ClN3O2S/c1-2-18-12(9-3-5-10(15)6-4-9)16-17-14(18)21-11-7-8-20-13(11)19/h3-6,11H,2,7-8H2,1H3/t11-/m1/s1. The Labute approximate surface area is 131 Å². The predicted octanol–water partition coefficient (Wildman–Crippen LogP) is 3.03. The molecule has 1 fully saturated rings. The molecule has 0 spiro atoms. The topological polar surface area (TPSA) is 57.0 Å². The molecule has 1 aromatic heterocycles. The normalized spacial score (nSPS) is 18.0. The van der Waals surface area contributed by atoms with E-state index in [0.717, 1.165) is 29.5 Å². The molecule has 1 aliphatic rings. The number of cyclic esters (lactones) is 1. The van der Waals surface area contributed by atoms with E-state index >= 15 is 0 Å². The lowest BCUT2D eigenvalue weighted by Gasteiger charge is -2.09. The van der Waals surface area contributed by atoms with Crippen molar-refractivity contribution in [2.45, 2.75) is 30.3 Å². The number of halogens is 1. The highest BCUT2D eigenvalue weighted by Crippen LogP contribution is 2.31. The van der Waals surface area contributed by atoms with Gasteiger partial charge in [0.2, 0.25) is 0 Å². The van der Waals surface area contributed by atoms with Crippen LogP contribution < -0.4 is 0 Å². The average molecular weight is 324 g/mol. The minimum Gasteiger partial charge on any atom is -0.465 e. The van der Waals surface area contributed by atoms with Gasteiger partial charge in [0.15, 0.2) is 11.0 Å². The summed E-state index contributed by atoms with van der Waals surface area (Å²) in [5, 5.41) is 9.71. The summed E-state index contributed by atoms with van der Waals surface area (Å²) in [4.78, 5) is 11.6. The van der Waals surface area contributed by atoms with E-state index in [2.05, 4.69) is 10.2 Å². The Morgan fingerprint density at radius 3 is 2.76 bits per heavy atom. The molecule has 2 aromatic rings. The molecular weight excluding hydrogens is 310 g/mol. The van der Waals surface area contributed by atoms with Gasteiger partial charge in [-0.15, -0.1) is 10.2 Å². The molecule has 3 rings (SSSR count). The van der Waals surface area contributed by atoms with Crippen LogP contribution in [0.15, 0.2) is 29.4 Å². The third-order valence-electron chi connectivity index (χ3n) is 3.27. The number of hydrogen-bond donors (Lipinski definition) is 0. The number of rotatable bonds is 4. The van der Waals surface area contributed by atoms with Crippen LogP contribution in [0, 0.1) is 0 Å². The second kappa shape index (κ2) is 6.07. The summed E-state index contributed by atoms with van der Waals surface area (Å²) in [5.41, 5.74) is 0.953. The monoisotopic (exact) mass is 323 g/mol. The van der Waals surface area contributed by atoms with Crippen LogP contribution in [0.25, 0.3) is 11.4 Å². The first-order valence-electron chi connectivity index (χ1n) is 6.71. The van der Waals surface area contributed by atoms with Crippen molar-refractivity contribution in [3.05, 3.63) is 29.3 Å². The summed E-state index contributed by atoms with van der Waals surface area (Å²) >= 11 is 7.33. The van der Waals surface area contributed by atoms with Gasteiger partial charge in [-0.2, -0.15) is 0 Å². The predicted molar refractivity (Wildman–Crippen MR) is 81.4 cm³/mol. The zero-order valence-electron chi connectivity index (χ0n) is 11.5. The number of carbonyl (C=O) groups is 1. The Morgan fingerprint density at radius 1 is 1.38 bits per heavy atom. The van der Waals surface area contributed by atoms with Crippen molar-refractivity contribution >= 4 is 29.3 Å². The molecule has 1 atom stereocenters. The third kappa shape index (κ3) is 2.91. The third-order valence-corrected chi connectivity index (χ3v) is 4.75. The lowest BCUT2D eigenvalue weighted by atomic mass is 10.2. The highest BCUT2D eigenvalue weighted by Gasteiger charge is 2.29. The number of carbonyl (C=O) groups excluding carboxylic acids is 1. The number of benzene rings is 1. The molecule has 0 bridgehead atoms. The maximum Gasteiger partial charge on any atom is 0.319 e. The Morgan fingerprint density at radius 2 is 2.14 bits per heavy atom. The van der Waals surface area contributed by atoms with Crippen molar-refractivity contribution in [2.75, 3.05) is 6.61 Å². The van der Waals surface area contributed by atoms with Gasteiger partial charge < -0.3 is 9.30 Å². The molecule has 2 heterocycles. The van der Waals surface area contributed by atoms with Crippen LogP contribution in [0.1, 0.15) is 13.3 Å². The highest BCUT2D eigenvalue weighted by atomic mass is 35.5. The van der Waals surface area contributed by atoms with E-state index in [1.54, 1.807) is 0 Å². The largest absolute Gasteiger partial charge is 0.465 e. The van der Waals surface area contributed by atoms with Gasteiger partial charge in [0, 0.05) is 23.6 Å². The smallest absolute Gasteiger partial charge is 0.319 e. The van der Waals surface area contributed by atoms with Crippen LogP contribution in [0.4, 0.5) is 0 Å². The Hall–Kier alpha value is -1.53. The van der Waals surface area contributed by atoms with Gasteiger partial charge in [0.05, 0.1) is 6.61 Å². The highest BCUT2D eigenvalue weighted by molar-refractivity contribution is 8.00. The fraction of sp³-hybridized carbons (Fsp3) is 0.357. The van der Waals surface area contributed by atoms with Gasteiger partial charge in [-0.25, -0.2) is 0 Å². The van der Waals surface area contributed by atoms with Crippen molar-refractivity contribution in [3.8, 4) is 11.4 Å². The van der Waals surface area contributed by atoms with Gasteiger partial charge >= 0.3 is 5.97 Å². The molecule has 1 aliphatic heterocycles. The number of thioether (sulfide) groups is 1. The molecule has 5 nitrogen and oxygen atoms in total. The molecule has 1 saturated heterocycles. The first-order chi connectivity index (χ1) is 10.2. The molecular formula is C14H14ClN3O2S. The fourth-order valence-electron chi connectivity index (χ4n) is 2.19. The maximum atomic E-state index is 11.6. The first kappa shape index (κ1) is 14.4. The van der Waals surface area contributed by atoms with Crippen molar-refractivity contribution in [1.82, 2.24) is 14.8 Å². The van der Waals surface area contributed by atoms with Crippen molar-refractivity contribution in [1.29, 1.82) is 0 Å². The van der Waals surface area contributed by atoms with E-state index in [4.69, 9.17) is 16.3 Å². The zero-order chi connectivity index (χ0) is 14.8. The second-order valence-electron chi connectivity index (χ2n) is 4.62. The molecule has 7 heteroatoms. The van der Waals surface area contributed by atoms with E-state index in [9.17, 15) is 4.79 Å². The van der Waals surface area contributed by atoms with Crippen molar-refractivity contribution in [3.63, 3.8) is 0 Å². The lowest BCUT2D eigenvalue weighted by molar-refractivity contribution is -0.137. The van der Waals surface area contributed by atoms with E-state index in [1.807, 2.05) is 35.8 Å². The fourth-order valence-corrected chi connectivity index (χ4v) is 3.37. The summed E-state index contributed by atoms with van der Waals surface area (Å²) in [6.07, 6.45) is 0.719. The number of nitrogens with zero attached hydrogens (tertiary/aromatic N) is 3. The molecule has 0 unspecified atom stereocenters. The number of esters is 1. The summed E-state index contributed by atoms with van der Waals surface area (Å²) in [6, 6.07) is 7.48. The summed E-state index contributed by atoms with van der Waals surface area (Å²) in [7, 11) is 0. The average Bonchev–Trinajstić information content (AvgIpc) is 3.07. The molecule has 110 valence electrons. The molecule has 0 aliphatic carbocycles. The second-order valence-corrected chi connectivity index (χ2v) is 6.23. The van der Waals surface area contributed by atoms with Gasteiger partial charge in [0.25, 0.3) is 0 Å². The number of aromatic nitrogens is 3. The Kier molecular flexibility index (Phi) is 4.17. The van der Waals surface area contributed by atoms with Crippen molar-refractivity contribution in [2.24, 2.45) is 0 Å². The van der Waals surface area contributed by atoms with Crippen LogP contribution in [-0.4, -0.2) is 32.6 Å². The molecule has 0 radical (unpaired) electrons. The summed E-state index contributed by atoms with van der Waals surface area (Å²) in [5.74, 6) is 0.613. The van der Waals surface area contributed by atoms with Gasteiger partial charge in [0.1, 0.15) is 5.25 Å². The molecule has 1 aromatic carbocycles. The van der Waals surface area contributed by atoms with Gasteiger partial charge in [-0.3, -0.25) is 4.79 Å². The van der Waals surface area contributed by atoms with Crippen molar-refractivity contribution < 1.29 is 9.53 Å². The SMILES string of the molecule is CCn1c(S[C@@H]2CCOC2=O)nnc1-c1ccc(Cl)cc1. The van der Waals surface area contributed by atoms with Gasteiger partial charge in [-0.1, -0.05) is 23.4 Å². The quantitative estimate of drug-likeness (QED) is 0.809. The van der Waals surface area contributed by atoms with Gasteiger partial charge in [-0.05, 0) is 31.2 Å². The minimum atomic E-state index is -0.183. The summed E-state index contributed by atoms with van der Waals surface area (Å²) < 4.78 is 6.98. The van der Waals surface area contributed by atoms with E-state index in [-0.39, 0.29) is 11.2 Å². The lowest BCUT2D eigenvalue weighted by Crippen LogP contribution is -2.11. The number of ether oxygens (including phenoxy) is 1. The number of hydrogen-bond acceptors (Lipinski definition) is 5. The van der Waals surface area contributed by atoms with Crippen LogP contribution in [0.5, 0.6) is 0 Å². The molecule has 0 N–H and O–H groups in total. The van der Waals surface area contributed by atoms with E-state index in [0.29, 0.717) is 11.6 Å². The maximum absolute atomic E-state index is 11.6. The van der Waals surface area contributed by atoms with E-state index < -0.39 is 0 Å². The minimum absolute atomic E-state index is 0.168. The summed E-state index contributed by atoms with van der Waals surface area (Å²) in [6.45, 7) is 3.25. The van der Waals surface area contributed by atoms with Crippen LogP contribution in [0.2, 0.25) is 5.02 Å². The van der Waals surface area contributed by atoms with Crippen LogP contribution in [0.3, 0.4) is 0 Å². The van der Waals surface area contributed by atoms with E-state index in [1.165, 1.54) is 11.8 Å².